The molecule has 3 aromatic rings. The van der Waals surface area contributed by atoms with Crippen LogP contribution in [-0.4, -0.2) is 54.3 Å². The molecule has 1 amide bonds. The lowest BCUT2D eigenvalue weighted by atomic mass is 10.3. The summed E-state index contributed by atoms with van der Waals surface area (Å²) in [6, 6.07) is 16.1. The number of hydrogen-bond acceptors (Lipinski definition) is 6. The van der Waals surface area contributed by atoms with E-state index in [1.54, 1.807) is 23.1 Å². The van der Waals surface area contributed by atoms with E-state index >= 15 is 0 Å². The van der Waals surface area contributed by atoms with Crippen molar-refractivity contribution in [1.29, 1.82) is 0 Å². The molecule has 0 aliphatic carbocycles. The fraction of sp³-hybridized carbons (Fsp3) is 0.333. The number of carbonyl (C=O) groups is 1. The Bertz CT molecular complexity index is 937. The van der Waals surface area contributed by atoms with E-state index in [0.29, 0.717) is 12.4 Å². The van der Waals surface area contributed by atoms with Gasteiger partial charge in [-0.1, -0.05) is 29.5 Å². The summed E-state index contributed by atoms with van der Waals surface area (Å²) in [6.07, 6.45) is 0. The van der Waals surface area contributed by atoms with Crippen molar-refractivity contribution in [3.63, 3.8) is 0 Å². The van der Waals surface area contributed by atoms with Gasteiger partial charge >= 0.3 is 0 Å². The predicted octanol–water partition coefficient (Wildman–Crippen LogP) is 4.14. The fourth-order valence-corrected chi connectivity index (χ4v) is 5.05. The van der Waals surface area contributed by atoms with Crippen LogP contribution in [0.1, 0.15) is 6.92 Å². The highest BCUT2D eigenvalue weighted by atomic mass is 32.2. The molecule has 28 heavy (non-hydrogen) atoms. The Morgan fingerprint density at radius 2 is 1.93 bits per heavy atom. The molecule has 2 heterocycles. The van der Waals surface area contributed by atoms with Crippen LogP contribution < -0.4 is 9.64 Å². The Hall–Kier alpha value is -2.25. The van der Waals surface area contributed by atoms with E-state index < -0.39 is 0 Å². The number of piperazine rings is 1. The number of rotatable bonds is 6. The van der Waals surface area contributed by atoms with Gasteiger partial charge in [-0.25, -0.2) is 4.98 Å². The number of hydrogen-bond donors (Lipinski definition) is 0. The second-order valence-electron chi connectivity index (χ2n) is 6.53. The second-order valence-corrected chi connectivity index (χ2v) is 8.59. The van der Waals surface area contributed by atoms with E-state index in [1.807, 2.05) is 54.3 Å². The van der Waals surface area contributed by atoms with Crippen LogP contribution in [0.3, 0.4) is 0 Å². The second kappa shape index (κ2) is 8.84. The average Bonchev–Trinajstić information content (AvgIpc) is 3.16. The summed E-state index contributed by atoms with van der Waals surface area (Å²) >= 11 is 3.29. The van der Waals surface area contributed by atoms with E-state index in [9.17, 15) is 4.79 Å². The smallest absolute Gasteiger partial charge is 0.233 e. The van der Waals surface area contributed by atoms with Gasteiger partial charge < -0.3 is 14.5 Å². The third-order valence-corrected chi connectivity index (χ3v) is 6.74. The van der Waals surface area contributed by atoms with Gasteiger partial charge in [0.2, 0.25) is 5.91 Å². The zero-order valence-corrected chi connectivity index (χ0v) is 17.5. The number of nitrogens with zero attached hydrogens (tertiary/aromatic N) is 3. The molecule has 1 fully saturated rings. The zero-order chi connectivity index (χ0) is 19.3. The van der Waals surface area contributed by atoms with Crippen LogP contribution >= 0.6 is 23.1 Å². The lowest BCUT2D eigenvalue weighted by molar-refractivity contribution is -0.128. The first-order chi connectivity index (χ1) is 13.7. The van der Waals surface area contributed by atoms with Crippen molar-refractivity contribution < 1.29 is 9.53 Å². The van der Waals surface area contributed by atoms with Gasteiger partial charge in [0, 0.05) is 31.1 Å². The number of benzene rings is 2. The van der Waals surface area contributed by atoms with Crippen molar-refractivity contribution >= 4 is 44.4 Å². The van der Waals surface area contributed by atoms with Crippen molar-refractivity contribution in [2.45, 2.75) is 11.8 Å². The van der Waals surface area contributed by atoms with Crippen LogP contribution in [0.5, 0.6) is 5.75 Å². The molecule has 1 aliphatic heterocycles. The molecule has 0 atom stereocenters. The SMILES string of the molecule is CCOc1ccc2nc(N3CCN(C(=O)CSc4ccccc4)CC3)sc2c1. The highest BCUT2D eigenvalue weighted by Gasteiger charge is 2.23. The third kappa shape index (κ3) is 4.42. The molecule has 5 nitrogen and oxygen atoms in total. The molecule has 0 unspecified atom stereocenters. The molecule has 0 radical (unpaired) electrons. The first-order valence-electron chi connectivity index (χ1n) is 9.47. The van der Waals surface area contributed by atoms with Gasteiger partial charge in [0.05, 0.1) is 22.6 Å². The monoisotopic (exact) mass is 413 g/mol. The summed E-state index contributed by atoms with van der Waals surface area (Å²) in [7, 11) is 0. The minimum absolute atomic E-state index is 0.208. The predicted molar refractivity (Wildman–Crippen MR) is 117 cm³/mol. The molecule has 1 saturated heterocycles. The van der Waals surface area contributed by atoms with Crippen LogP contribution in [0.15, 0.2) is 53.4 Å². The number of thiazole rings is 1. The van der Waals surface area contributed by atoms with E-state index in [2.05, 4.69) is 11.0 Å². The van der Waals surface area contributed by atoms with Crippen LogP contribution in [-0.2, 0) is 4.79 Å². The maximum absolute atomic E-state index is 12.5. The Kier molecular flexibility index (Phi) is 6.02. The highest BCUT2D eigenvalue weighted by Crippen LogP contribution is 2.32. The van der Waals surface area contributed by atoms with Gasteiger partial charge in [0.1, 0.15) is 5.75 Å². The van der Waals surface area contributed by atoms with Crippen molar-refractivity contribution in [3.05, 3.63) is 48.5 Å². The minimum atomic E-state index is 0.208. The van der Waals surface area contributed by atoms with Gasteiger partial charge in [-0.3, -0.25) is 4.79 Å². The van der Waals surface area contributed by atoms with Crippen molar-refractivity contribution in [2.75, 3.05) is 43.4 Å². The van der Waals surface area contributed by atoms with Gasteiger partial charge in [0.15, 0.2) is 5.13 Å². The summed E-state index contributed by atoms with van der Waals surface area (Å²) in [6.45, 7) is 5.78. The molecule has 146 valence electrons. The number of fused-ring (bicyclic) bond motifs is 1. The van der Waals surface area contributed by atoms with Crippen LogP contribution in [0.2, 0.25) is 0 Å². The number of thioether (sulfide) groups is 1. The summed E-state index contributed by atoms with van der Waals surface area (Å²) in [5, 5.41) is 1.02. The molecule has 4 rings (SSSR count). The number of amides is 1. The fourth-order valence-electron chi connectivity index (χ4n) is 3.18. The molecule has 1 aliphatic rings. The van der Waals surface area contributed by atoms with E-state index in [4.69, 9.17) is 9.72 Å². The third-order valence-electron chi connectivity index (χ3n) is 4.67. The molecule has 0 spiro atoms. The van der Waals surface area contributed by atoms with Gasteiger partial charge in [-0.15, -0.1) is 11.8 Å². The Morgan fingerprint density at radius 1 is 1.14 bits per heavy atom. The van der Waals surface area contributed by atoms with Gasteiger partial charge in [-0.2, -0.15) is 0 Å². The van der Waals surface area contributed by atoms with Gasteiger partial charge in [0.25, 0.3) is 0 Å². The van der Waals surface area contributed by atoms with Crippen molar-refractivity contribution in [2.24, 2.45) is 0 Å². The first kappa shape index (κ1) is 19.1. The number of anilines is 1. The zero-order valence-electron chi connectivity index (χ0n) is 15.8. The number of ether oxygens (including phenoxy) is 1. The molecular weight excluding hydrogens is 390 g/mol. The summed E-state index contributed by atoms with van der Waals surface area (Å²) in [4.78, 5) is 22.7. The Morgan fingerprint density at radius 3 is 2.68 bits per heavy atom. The highest BCUT2D eigenvalue weighted by molar-refractivity contribution is 8.00. The Balaban J connectivity index is 1.33. The number of carbonyl (C=O) groups excluding carboxylic acids is 1. The topological polar surface area (TPSA) is 45.7 Å². The maximum atomic E-state index is 12.5. The molecule has 0 N–H and O–H groups in total. The summed E-state index contributed by atoms with van der Waals surface area (Å²) in [5.74, 6) is 1.58. The Labute approximate surface area is 173 Å². The first-order valence-corrected chi connectivity index (χ1v) is 11.3. The molecule has 0 saturated carbocycles. The maximum Gasteiger partial charge on any atom is 0.233 e. The molecule has 1 aromatic heterocycles. The van der Waals surface area contributed by atoms with E-state index in [-0.39, 0.29) is 5.91 Å². The van der Waals surface area contributed by atoms with E-state index in [1.165, 1.54) is 0 Å². The standard InChI is InChI=1S/C21H23N3O2S2/c1-2-26-16-8-9-18-19(14-16)28-21(22-18)24-12-10-23(11-13-24)20(25)15-27-17-6-4-3-5-7-17/h3-9,14H,2,10-13,15H2,1H3. The molecule has 2 aromatic carbocycles. The van der Waals surface area contributed by atoms with Crippen molar-refractivity contribution in [3.8, 4) is 5.75 Å². The minimum Gasteiger partial charge on any atom is -0.494 e. The van der Waals surface area contributed by atoms with Crippen molar-refractivity contribution in [1.82, 2.24) is 9.88 Å². The lowest BCUT2D eigenvalue weighted by Crippen LogP contribution is -2.49. The quantitative estimate of drug-likeness (QED) is 0.569. The van der Waals surface area contributed by atoms with Crippen LogP contribution in [0.4, 0.5) is 5.13 Å². The average molecular weight is 414 g/mol. The van der Waals surface area contributed by atoms with Crippen LogP contribution in [0, 0.1) is 0 Å². The molecule has 7 heteroatoms. The molecule has 0 bridgehead atoms. The summed E-state index contributed by atoms with van der Waals surface area (Å²) in [5.41, 5.74) is 1.00. The normalized spacial score (nSPS) is 14.5. The number of aromatic nitrogens is 1. The van der Waals surface area contributed by atoms with Gasteiger partial charge in [-0.05, 0) is 37.3 Å². The van der Waals surface area contributed by atoms with E-state index in [0.717, 1.165) is 52.2 Å². The van der Waals surface area contributed by atoms with Crippen LogP contribution in [0.25, 0.3) is 10.2 Å². The molecular formula is C21H23N3O2S2. The largest absolute Gasteiger partial charge is 0.494 e. The lowest BCUT2D eigenvalue weighted by Gasteiger charge is -2.34. The summed E-state index contributed by atoms with van der Waals surface area (Å²) < 4.78 is 6.72.